The van der Waals surface area contributed by atoms with Crippen LogP contribution < -0.4 is 5.32 Å². The molecule has 1 N–H and O–H groups in total. The maximum Gasteiger partial charge on any atom is 0.325 e. The normalized spacial score (nSPS) is 10.4. The van der Waals surface area contributed by atoms with Gasteiger partial charge in [-0.2, -0.15) is 0 Å². The second-order valence-corrected chi connectivity index (χ2v) is 3.88. The number of halogens is 1. The molecule has 94 valence electrons. The molecule has 2 rings (SSSR count). The molecule has 0 unspecified atom stereocenters. The average Bonchev–Trinajstić information content (AvgIpc) is 2.36. The SMILES string of the molecule is COC(=O)CNc1cc(C)nc2c(F)cccc12. The Hall–Kier alpha value is -2.17. The molecule has 5 heteroatoms. The van der Waals surface area contributed by atoms with E-state index >= 15 is 0 Å². The summed E-state index contributed by atoms with van der Waals surface area (Å²) < 4.78 is 18.2. The summed E-state index contributed by atoms with van der Waals surface area (Å²) in [6.07, 6.45) is 0. The predicted octanol–water partition coefficient (Wildman–Crippen LogP) is 2.27. The number of methoxy groups -OCH3 is 1. The third-order valence-corrected chi connectivity index (χ3v) is 2.57. The molecular weight excluding hydrogens is 235 g/mol. The van der Waals surface area contributed by atoms with E-state index in [1.54, 1.807) is 25.1 Å². The van der Waals surface area contributed by atoms with Crippen molar-refractivity contribution in [3.05, 3.63) is 35.8 Å². The lowest BCUT2D eigenvalue weighted by Gasteiger charge is -2.10. The molecule has 0 saturated heterocycles. The van der Waals surface area contributed by atoms with Gasteiger partial charge < -0.3 is 10.1 Å². The zero-order valence-corrected chi connectivity index (χ0v) is 10.2. The van der Waals surface area contributed by atoms with Crippen LogP contribution in [0.3, 0.4) is 0 Å². The van der Waals surface area contributed by atoms with Crippen LogP contribution in [0.25, 0.3) is 10.9 Å². The van der Waals surface area contributed by atoms with Crippen LogP contribution in [-0.4, -0.2) is 24.6 Å². The average molecular weight is 248 g/mol. The Bertz CT molecular complexity index is 599. The number of para-hydroxylation sites is 1. The number of nitrogens with zero attached hydrogens (tertiary/aromatic N) is 1. The maximum absolute atomic E-state index is 13.6. The number of carbonyl (C=O) groups excluding carboxylic acids is 1. The highest BCUT2D eigenvalue weighted by Crippen LogP contribution is 2.24. The monoisotopic (exact) mass is 248 g/mol. The van der Waals surface area contributed by atoms with Crippen molar-refractivity contribution in [2.24, 2.45) is 0 Å². The van der Waals surface area contributed by atoms with Gasteiger partial charge in [0, 0.05) is 16.8 Å². The minimum absolute atomic E-state index is 0.0333. The van der Waals surface area contributed by atoms with E-state index in [9.17, 15) is 9.18 Å². The number of hydrogen-bond donors (Lipinski definition) is 1. The number of hydrogen-bond acceptors (Lipinski definition) is 4. The fraction of sp³-hybridized carbons (Fsp3) is 0.231. The lowest BCUT2D eigenvalue weighted by atomic mass is 10.1. The number of benzene rings is 1. The molecule has 1 aromatic heterocycles. The van der Waals surface area contributed by atoms with E-state index in [2.05, 4.69) is 15.0 Å². The van der Waals surface area contributed by atoms with Gasteiger partial charge in [0.2, 0.25) is 0 Å². The Morgan fingerprint density at radius 2 is 2.28 bits per heavy atom. The Morgan fingerprint density at radius 3 is 3.00 bits per heavy atom. The summed E-state index contributed by atoms with van der Waals surface area (Å²) >= 11 is 0. The molecule has 1 heterocycles. The molecule has 1 aromatic carbocycles. The van der Waals surface area contributed by atoms with Crippen molar-refractivity contribution >= 4 is 22.6 Å². The lowest BCUT2D eigenvalue weighted by Crippen LogP contribution is -2.15. The van der Waals surface area contributed by atoms with Crippen molar-refractivity contribution in [1.29, 1.82) is 0 Å². The highest BCUT2D eigenvalue weighted by atomic mass is 19.1. The first kappa shape index (κ1) is 12.3. The Kier molecular flexibility index (Phi) is 3.41. The number of aryl methyl sites for hydroxylation is 1. The molecule has 0 radical (unpaired) electrons. The van der Waals surface area contributed by atoms with E-state index in [4.69, 9.17) is 0 Å². The molecule has 4 nitrogen and oxygen atoms in total. The molecule has 0 saturated carbocycles. The van der Waals surface area contributed by atoms with E-state index in [0.29, 0.717) is 22.3 Å². The Labute approximate surface area is 104 Å². The van der Waals surface area contributed by atoms with Gasteiger partial charge in [0.15, 0.2) is 0 Å². The van der Waals surface area contributed by atoms with Crippen LogP contribution in [-0.2, 0) is 9.53 Å². The van der Waals surface area contributed by atoms with Gasteiger partial charge in [-0.3, -0.25) is 4.79 Å². The quantitative estimate of drug-likeness (QED) is 0.846. The number of aromatic nitrogens is 1. The summed E-state index contributed by atoms with van der Waals surface area (Å²) in [7, 11) is 1.32. The van der Waals surface area contributed by atoms with E-state index < -0.39 is 0 Å². The van der Waals surface area contributed by atoms with Gasteiger partial charge in [-0.15, -0.1) is 0 Å². The number of anilines is 1. The summed E-state index contributed by atoms with van der Waals surface area (Å²) in [5, 5.41) is 3.57. The van der Waals surface area contributed by atoms with Crippen LogP contribution >= 0.6 is 0 Å². The smallest absolute Gasteiger partial charge is 0.325 e. The molecule has 0 atom stereocenters. The zero-order chi connectivity index (χ0) is 13.1. The maximum atomic E-state index is 13.6. The van der Waals surface area contributed by atoms with Crippen molar-refractivity contribution in [2.45, 2.75) is 6.92 Å². The second-order valence-electron chi connectivity index (χ2n) is 3.88. The van der Waals surface area contributed by atoms with Crippen molar-refractivity contribution in [2.75, 3.05) is 19.0 Å². The summed E-state index contributed by atoms with van der Waals surface area (Å²) in [6.45, 7) is 1.81. The fourth-order valence-corrected chi connectivity index (χ4v) is 1.73. The number of pyridine rings is 1. The predicted molar refractivity (Wildman–Crippen MR) is 66.9 cm³/mol. The van der Waals surface area contributed by atoms with E-state index in [-0.39, 0.29) is 18.3 Å². The van der Waals surface area contributed by atoms with Crippen molar-refractivity contribution in [1.82, 2.24) is 4.98 Å². The van der Waals surface area contributed by atoms with E-state index in [1.807, 2.05) is 0 Å². The Morgan fingerprint density at radius 1 is 1.50 bits per heavy atom. The zero-order valence-electron chi connectivity index (χ0n) is 10.2. The number of carbonyl (C=O) groups is 1. The van der Waals surface area contributed by atoms with Gasteiger partial charge in [-0.1, -0.05) is 12.1 Å². The van der Waals surface area contributed by atoms with Gasteiger partial charge in [0.25, 0.3) is 0 Å². The molecule has 0 aliphatic carbocycles. The van der Waals surface area contributed by atoms with Crippen LogP contribution in [0.4, 0.5) is 10.1 Å². The Balaban J connectivity index is 2.43. The van der Waals surface area contributed by atoms with Crippen LogP contribution in [0.5, 0.6) is 0 Å². The molecule has 2 aromatic rings. The summed E-state index contributed by atoms with van der Waals surface area (Å²) in [4.78, 5) is 15.3. The first-order valence-corrected chi connectivity index (χ1v) is 5.48. The summed E-state index contributed by atoms with van der Waals surface area (Å²) in [6, 6.07) is 6.49. The van der Waals surface area contributed by atoms with Crippen LogP contribution in [0, 0.1) is 12.7 Å². The molecular formula is C13H13FN2O2. The fourth-order valence-electron chi connectivity index (χ4n) is 1.73. The first-order valence-electron chi connectivity index (χ1n) is 5.48. The third kappa shape index (κ3) is 2.40. The van der Waals surface area contributed by atoms with Crippen molar-refractivity contribution < 1.29 is 13.9 Å². The molecule has 18 heavy (non-hydrogen) atoms. The molecule has 0 aliphatic heterocycles. The minimum atomic E-state index is -0.381. The summed E-state index contributed by atoms with van der Waals surface area (Å²) in [5.74, 6) is -0.758. The number of nitrogens with one attached hydrogen (secondary N) is 1. The van der Waals surface area contributed by atoms with Crippen molar-refractivity contribution in [3.63, 3.8) is 0 Å². The molecule has 0 amide bonds. The van der Waals surface area contributed by atoms with Gasteiger partial charge >= 0.3 is 5.97 Å². The van der Waals surface area contributed by atoms with E-state index in [0.717, 1.165) is 0 Å². The molecule has 0 bridgehead atoms. The standard InChI is InChI=1S/C13H13FN2O2/c1-8-6-11(15-7-12(17)18-2)9-4-3-5-10(14)13(9)16-8/h3-6H,7H2,1-2H3,(H,15,16). The topological polar surface area (TPSA) is 51.2 Å². The van der Waals surface area contributed by atoms with Crippen LogP contribution in [0.15, 0.2) is 24.3 Å². The van der Waals surface area contributed by atoms with Crippen molar-refractivity contribution in [3.8, 4) is 0 Å². The van der Waals surface area contributed by atoms with Gasteiger partial charge in [0.1, 0.15) is 17.9 Å². The molecule has 0 fully saturated rings. The first-order chi connectivity index (χ1) is 8.61. The molecule has 0 spiro atoms. The molecule has 0 aliphatic rings. The number of ether oxygens (including phenoxy) is 1. The number of fused-ring (bicyclic) bond motifs is 1. The van der Waals surface area contributed by atoms with Gasteiger partial charge in [0.05, 0.1) is 7.11 Å². The lowest BCUT2D eigenvalue weighted by molar-refractivity contribution is -0.138. The van der Waals surface area contributed by atoms with Crippen LogP contribution in [0.1, 0.15) is 5.69 Å². The summed E-state index contributed by atoms with van der Waals surface area (Å²) in [5.41, 5.74) is 1.65. The van der Waals surface area contributed by atoms with Gasteiger partial charge in [-0.05, 0) is 19.1 Å². The highest BCUT2D eigenvalue weighted by molar-refractivity contribution is 5.93. The minimum Gasteiger partial charge on any atom is -0.468 e. The van der Waals surface area contributed by atoms with Gasteiger partial charge in [-0.25, -0.2) is 9.37 Å². The van der Waals surface area contributed by atoms with E-state index in [1.165, 1.54) is 13.2 Å². The number of esters is 1. The van der Waals surface area contributed by atoms with Crippen LogP contribution in [0.2, 0.25) is 0 Å². The number of rotatable bonds is 3. The second kappa shape index (κ2) is 5.00. The largest absolute Gasteiger partial charge is 0.468 e. The highest BCUT2D eigenvalue weighted by Gasteiger charge is 2.08. The third-order valence-electron chi connectivity index (χ3n) is 2.57.